The van der Waals surface area contributed by atoms with Gasteiger partial charge >= 0.3 is 0 Å². The zero-order chi connectivity index (χ0) is 16.2. The lowest BCUT2D eigenvalue weighted by Gasteiger charge is -2.54. The zero-order valence-corrected chi connectivity index (χ0v) is 14.0. The molecule has 23 heavy (non-hydrogen) atoms. The Bertz CT molecular complexity index is 566. The maximum absolute atomic E-state index is 15.3. The van der Waals surface area contributed by atoms with Gasteiger partial charge in [-0.15, -0.1) is 0 Å². The molecule has 0 heterocycles. The number of allylic oxidation sites excluding steroid dienone is 1. The van der Waals surface area contributed by atoms with Crippen molar-refractivity contribution in [2.24, 2.45) is 29.1 Å². The Labute approximate surface area is 137 Å². The van der Waals surface area contributed by atoms with Crippen molar-refractivity contribution in [3.63, 3.8) is 0 Å². The summed E-state index contributed by atoms with van der Waals surface area (Å²) >= 11 is 0. The van der Waals surface area contributed by atoms with E-state index >= 15 is 4.39 Å². The Balaban J connectivity index is 1.69. The van der Waals surface area contributed by atoms with Gasteiger partial charge in [0.25, 0.3) is 0 Å². The first kappa shape index (κ1) is 15.5. The Morgan fingerprint density at radius 3 is 2.78 bits per heavy atom. The van der Waals surface area contributed by atoms with Crippen LogP contribution in [0.1, 0.15) is 64.7 Å². The van der Waals surface area contributed by atoms with E-state index in [0.717, 1.165) is 38.5 Å². The second-order valence-corrected chi connectivity index (χ2v) is 8.31. The second kappa shape index (κ2) is 5.53. The summed E-state index contributed by atoms with van der Waals surface area (Å²) in [6, 6.07) is 0. The Hall–Kier alpha value is -0.990. The van der Waals surface area contributed by atoms with E-state index in [1.54, 1.807) is 0 Å². The van der Waals surface area contributed by atoms with Gasteiger partial charge in [-0.1, -0.05) is 18.9 Å². The molecule has 4 rings (SSSR count). The predicted octanol–water partition coefficient (Wildman–Crippen LogP) is 4.43. The molecule has 0 aliphatic heterocycles. The highest BCUT2D eigenvalue weighted by Gasteiger charge is 2.61. The maximum atomic E-state index is 15.3. The van der Waals surface area contributed by atoms with Gasteiger partial charge in [-0.2, -0.15) is 0 Å². The summed E-state index contributed by atoms with van der Waals surface area (Å²) in [6.07, 6.45) is 8.18. The highest BCUT2D eigenvalue weighted by atomic mass is 19.1. The van der Waals surface area contributed by atoms with E-state index in [-0.39, 0.29) is 23.0 Å². The lowest BCUT2D eigenvalue weighted by atomic mass is 9.50. The van der Waals surface area contributed by atoms with Gasteiger partial charge in [0.15, 0.2) is 5.78 Å². The molecule has 0 bridgehead atoms. The third-order valence-corrected chi connectivity index (χ3v) is 7.39. The molecule has 3 heteroatoms. The van der Waals surface area contributed by atoms with E-state index in [1.807, 2.05) is 6.08 Å². The summed E-state index contributed by atoms with van der Waals surface area (Å²) in [5.74, 6) is 1.63. The Kier molecular flexibility index (Phi) is 3.73. The van der Waals surface area contributed by atoms with Crippen LogP contribution < -0.4 is 0 Å². The highest BCUT2D eigenvalue weighted by molar-refractivity contribution is 5.91. The number of alkyl halides is 1. The topological polar surface area (TPSA) is 34.1 Å². The van der Waals surface area contributed by atoms with E-state index in [2.05, 4.69) is 6.92 Å². The molecule has 2 nitrogen and oxygen atoms in total. The number of hydrogen-bond donors (Lipinski definition) is 0. The molecule has 4 aliphatic rings. The van der Waals surface area contributed by atoms with Crippen molar-refractivity contribution in [1.29, 1.82) is 0 Å². The van der Waals surface area contributed by atoms with Gasteiger partial charge in [0.1, 0.15) is 12.0 Å². The first-order chi connectivity index (χ1) is 11.1. The van der Waals surface area contributed by atoms with Gasteiger partial charge in [-0.05, 0) is 68.3 Å². The Morgan fingerprint density at radius 2 is 2.00 bits per heavy atom. The first-order valence-electron chi connectivity index (χ1n) is 9.47. The predicted molar refractivity (Wildman–Crippen MR) is 86.6 cm³/mol. The zero-order valence-electron chi connectivity index (χ0n) is 14.0. The number of hydrogen-bond acceptors (Lipinski definition) is 2. The SMILES string of the molecule is CCC[C@]12C[C@H](F)[C@H]3[C@@H](CCC4=CC(=O)CC[C@@H]43)[C@@H]1CCC2=O. The molecule has 0 amide bonds. The molecule has 3 saturated carbocycles. The lowest BCUT2D eigenvalue weighted by Crippen LogP contribution is -2.53. The molecule has 4 aliphatic carbocycles. The molecule has 3 fully saturated rings. The molecule has 0 radical (unpaired) electrons. The van der Waals surface area contributed by atoms with Gasteiger partial charge in [-0.3, -0.25) is 9.59 Å². The van der Waals surface area contributed by atoms with E-state index in [9.17, 15) is 9.59 Å². The third kappa shape index (κ3) is 2.18. The van der Waals surface area contributed by atoms with E-state index in [0.29, 0.717) is 36.9 Å². The smallest absolute Gasteiger partial charge is 0.155 e. The number of rotatable bonds is 2. The van der Waals surface area contributed by atoms with Crippen LogP contribution in [-0.4, -0.2) is 17.7 Å². The van der Waals surface area contributed by atoms with Crippen LogP contribution in [0.3, 0.4) is 0 Å². The number of halogens is 1. The molecule has 0 aromatic rings. The molecule has 126 valence electrons. The maximum Gasteiger partial charge on any atom is 0.155 e. The summed E-state index contributed by atoms with van der Waals surface area (Å²) in [6.45, 7) is 2.12. The third-order valence-electron chi connectivity index (χ3n) is 7.39. The number of Topliss-reactive ketones (excluding diaryl/α,β-unsaturated/α-hetero) is 1. The molecule has 0 aromatic heterocycles. The van der Waals surface area contributed by atoms with Gasteiger partial charge in [0.2, 0.25) is 0 Å². The normalized spacial score (nSPS) is 46.0. The van der Waals surface area contributed by atoms with Crippen LogP contribution in [0.4, 0.5) is 4.39 Å². The standard InChI is InChI=1S/C20H27FO2/c1-2-9-20-11-17(21)19-14-6-4-13(22)10-12(14)3-5-15(19)16(20)7-8-18(20)23/h10,14-17,19H,2-9,11H2,1H3/t14-,15-,16-,17-,19+,20-/m0/s1. The van der Waals surface area contributed by atoms with Crippen LogP contribution in [0.25, 0.3) is 0 Å². The fraction of sp³-hybridized carbons (Fsp3) is 0.800. The average Bonchev–Trinajstić information content (AvgIpc) is 2.84. The number of fused-ring (bicyclic) bond motifs is 5. The fourth-order valence-electron chi connectivity index (χ4n) is 6.64. The van der Waals surface area contributed by atoms with Crippen molar-refractivity contribution in [2.45, 2.75) is 70.9 Å². The molecule has 0 spiro atoms. The van der Waals surface area contributed by atoms with Crippen molar-refractivity contribution in [2.75, 3.05) is 0 Å². The van der Waals surface area contributed by atoms with Crippen LogP contribution in [-0.2, 0) is 9.59 Å². The van der Waals surface area contributed by atoms with Crippen molar-refractivity contribution < 1.29 is 14.0 Å². The second-order valence-electron chi connectivity index (χ2n) is 8.31. The molecule has 0 saturated heterocycles. The molecule has 0 N–H and O–H groups in total. The van der Waals surface area contributed by atoms with Gasteiger partial charge < -0.3 is 0 Å². The summed E-state index contributed by atoms with van der Waals surface area (Å²) in [5.41, 5.74) is 0.846. The van der Waals surface area contributed by atoms with Gasteiger partial charge in [0, 0.05) is 18.3 Å². The van der Waals surface area contributed by atoms with Gasteiger partial charge in [0.05, 0.1) is 0 Å². The quantitative estimate of drug-likeness (QED) is 0.755. The molecule has 0 aromatic carbocycles. The monoisotopic (exact) mass is 318 g/mol. The van der Waals surface area contributed by atoms with E-state index in [4.69, 9.17) is 0 Å². The van der Waals surface area contributed by atoms with Crippen molar-refractivity contribution >= 4 is 11.6 Å². The minimum Gasteiger partial charge on any atom is -0.299 e. The summed E-state index contributed by atoms with van der Waals surface area (Å²) in [5, 5.41) is 0. The minimum absolute atomic E-state index is 0.0592. The average molecular weight is 318 g/mol. The highest BCUT2D eigenvalue weighted by Crippen LogP contribution is 2.62. The van der Waals surface area contributed by atoms with Crippen LogP contribution in [0.2, 0.25) is 0 Å². The molecular weight excluding hydrogens is 291 g/mol. The van der Waals surface area contributed by atoms with Crippen LogP contribution in [0, 0.1) is 29.1 Å². The van der Waals surface area contributed by atoms with Crippen molar-refractivity contribution in [3.05, 3.63) is 11.6 Å². The largest absolute Gasteiger partial charge is 0.299 e. The Morgan fingerprint density at radius 1 is 1.17 bits per heavy atom. The number of carbonyl (C=O) groups is 2. The summed E-state index contributed by atoms with van der Waals surface area (Å²) in [4.78, 5) is 24.3. The summed E-state index contributed by atoms with van der Waals surface area (Å²) in [7, 11) is 0. The van der Waals surface area contributed by atoms with Crippen LogP contribution >= 0.6 is 0 Å². The minimum atomic E-state index is -0.869. The van der Waals surface area contributed by atoms with Crippen molar-refractivity contribution in [3.8, 4) is 0 Å². The number of carbonyl (C=O) groups excluding carboxylic acids is 2. The first-order valence-corrected chi connectivity index (χ1v) is 9.47. The molecule has 0 unspecified atom stereocenters. The summed E-state index contributed by atoms with van der Waals surface area (Å²) < 4.78 is 15.3. The molecule has 6 atom stereocenters. The van der Waals surface area contributed by atoms with Gasteiger partial charge in [-0.25, -0.2) is 4.39 Å². The van der Waals surface area contributed by atoms with E-state index < -0.39 is 6.17 Å². The number of ketones is 2. The van der Waals surface area contributed by atoms with Crippen molar-refractivity contribution in [1.82, 2.24) is 0 Å². The lowest BCUT2D eigenvalue weighted by molar-refractivity contribution is -0.138. The fourth-order valence-corrected chi connectivity index (χ4v) is 6.64. The van der Waals surface area contributed by atoms with E-state index in [1.165, 1.54) is 5.57 Å². The van der Waals surface area contributed by atoms with Crippen LogP contribution in [0.5, 0.6) is 0 Å². The molecular formula is C20H27FO2. The van der Waals surface area contributed by atoms with Crippen LogP contribution in [0.15, 0.2) is 11.6 Å².